The SMILES string of the molecule is CCCNC(c1ccc(C)c2ccccc12)C(C)C1CC1. The third-order valence-corrected chi connectivity index (χ3v) is 5.02. The molecule has 3 rings (SSSR count). The molecule has 0 aromatic heterocycles. The van der Waals surface area contributed by atoms with Gasteiger partial charge in [-0.15, -0.1) is 0 Å². The molecule has 0 amide bonds. The van der Waals surface area contributed by atoms with Gasteiger partial charge in [0.2, 0.25) is 0 Å². The Bertz CT molecular complexity index is 612. The molecule has 1 saturated carbocycles. The average molecular weight is 281 g/mol. The summed E-state index contributed by atoms with van der Waals surface area (Å²) in [7, 11) is 0. The van der Waals surface area contributed by atoms with Crippen LogP contribution in [0.4, 0.5) is 0 Å². The summed E-state index contributed by atoms with van der Waals surface area (Å²) >= 11 is 0. The van der Waals surface area contributed by atoms with Gasteiger partial charge in [-0.3, -0.25) is 0 Å². The highest BCUT2D eigenvalue weighted by molar-refractivity contribution is 5.89. The number of benzene rings is 2. The van der Waals surface area contributed by atoms with Crippen molar-refractivity contribution in [3.63, 3.8) is 0 Å². The van der Waals surface area contributed by atoms with Crippen LogP contribution in [0, 0.1) is 18.8 Å². The van der Waals surface area contributed by atoms with E-state index in [-0.39, 0.29) is 0 Å². The highest BCUT2D eigenvalue weighted by Crippen LogP contribution is 2.44. The van der Waals surface area contributed by atoms with Gasteiger partial charge in [-0.1, -0.05) is 50.2 Å². The fraction of sp³-hybridized carbons (Fsp3) is 0.500. The highest BCUT2D eigenvalue weighted by atomic mass is 14.9. The van der Waals surface area contributed by atoms with Gasteiger partial charge in [0.05, 0.1) is 0 Å². The number of rotatable bonds is 6. The van der Waals surface area contributed by atoms with Crippen molar-refractivity contribution in [2.24, 2.45) is 11.8 Å². The summed E-state index contributed by atoms with van der Waals surface area (Å²) < 4.78 is 0. The van der Waals surface area contributed by atoms with Crippen LogP contribution in [-0.2, 0) is 0 Å². The number of nitrogens with one attached hydrogen (secondary N) is 1. The summed E-state index contributed by atoms with van der Waals surface area (Å²) in [5.74, 6) is 1.64. The normalized spacial score (nSPS) is 17.9. The third-order valence-electron chi connectivity index (χ3n) is 5.02. The molecule has 2 aromatic carbocycles. The average Bonchev–Trinajstić information content (AvgIpc) is 3.34. The van der Waals surface area contributed by atoms with Crippen LogP contribution >= 0.6 is 0 Å². The fourth-order valence-electron chi connectivity index (χ4n) is 3.52. The van der Waals surface area contributed by atoms with Crippen LogP contribution in [0.15, 0.2) is 36.4 Å². The predicted octanol–water partition coefficient (Wildman–Crippen LogP) is 5.24. The van der Waals surface area contributed by atoms with E-state index in [0.717, 1.165) is 18.4 Å². The highest BCUT2D eigenvalue weighted by Gasteiger charge is 2.34. The van der Waals surface area contributed by atoms with Crippen LogP contribution in [0.3, 0.4) is 0 Å². The van der Waals surface area contributed by atoms with Crippen molar-refractivity contribution in [3.05, 3.63) is 47.5 Å². The van der Waals surface area contributed by atoms with Gasteiger partial charge >= 0.3 is 0 Å². The van der Waals surface area contributed by atoms with Crippen LogP contribution in [0.2, 0.25) is 0 Å². The number of hydrogen-bond donors (Lipinski definition) is 1. The fourth-order valence-corrected chi connectivity index (χ4v) is 3.52. The van der Waals surface area contributed by atoms with E-state index in [0.29, 0.717) is 6.04 Å². The quantitative estimate of drug-likeness (QED) is 0.764. The maximum Gasteiger partial charge on any atom is 0.0354 e. The molecule has 0 radical (unpaired) electrons. The van der Waals surface area contributed by atoms with Crippen molar-refractivity contribution in [2.75, 3.05) is 6.54 Å². The first-order valence-electron chi connectivity index (χ1n) is 8.44. The zero-order valence-corrected chi connectivity index (χ0v) is 13.5. The molecule has 0 spiro atoms. The smallest absolute Gasteiger partial charge is 0.0354 e. The van der Waals surface area contributed by atoms with Crippen LogP contribution in [-0.4, -0.2) is 6.54 Å². The first-order chi connectivity index (χ1) is 10.2. The van der Waals surface area contributed by atoms with Gasteiger partial charge in [-0.2, -0.15) is 0 Å². The number of hydrogen-bond acceptors (Lipinski definition) is 1. The van der Waals surface area contributed by atoms with Crippen molar-refractivity contribution in [1.29, 1.82) is 0 Å². The summed E-state index contributed by atoms with van der Waals surface area (Å²) in [6.07, 6.45) is 4.02. The van der Waals surface area contributed by atoms with Gasteiger partial charge in [0.15, 0.2) is 0 Å². The lowest BCUT2D eigenvalue weighted by atomic mass is 9.86. The molecule has 1 aliphatic rings. The van der Waals surface area contributed by atoms with Crippen molar-refractivity contribution in [3.8, 4) is 0 Å². The molecule has 112 valence electrons. The molecule has 0 aliphatic heterocycles. The lowest BCUT2D eigenvalue weighted by Crippen LogP contribution is -2.29. The molecule has 0 heterocycles. The summed E-state index contributed by atoms with van der Waals surface area (Å²) in [4.78, 5) is 0. The van der Waals surface area contributed by atoms with E-state index in [2.05, 4.69) is 62.5 Å². The summed E-state index contributed by atoms with van der Waals surface area (Å²) in [6.45, 7) is 7.99. The Morgan fingerprint density at radius 3 is 2.48 bits per heavy atom. The van der Waals surface area contributed by atoms with Gasteiger partial charge < -0.3 is 5.32 Å². The maximum absolute atomic E-state index is 3.82. The van der Waals surface area contributed by atoms with Crippen molar-refractivity contribution in [1.82, 2.24) is 5.32 Å². The molecule has 0 bridgehead atoms. The van der Waals surface area contributed by atoms with Crippen LogP contribution < -0.4 is 5.32 Å². The Morgan fingerprint density at radius 1 is 1.10 bits per heavy atom. The topological polar surface area (TPSA) is 12.0 Å². The first kappa shape index (κ1) is 14.6. The van der Waals surface area contributed by atoms with E-state index in [4.69, 9.17) is 0 Å². The molecule has 2 atom stereocenters. The van der Waals surface area contributed by atoms with Crippen molar-refractivity contribution < 1.29 is 0 Å². The summed E-state index contributed by atoms with van der Waals surface area (Å²) in [5, 5.41) is 6.65. The lowest BCUT2D eigenvalue weighted by molar-refractivity contribution is 0.351. The van der Waals surface area contributed by atoms with Crippen LogP contribution in [0.1, 0.15) is 50.3 Å². The second kappa shape index (κ2) is 6.19. The predicted molar refractivity (Wildman–Crippen MR) is 91.6 cm³/mol. The van der Waals surface area contributed by atoms with E-state index >= 15 is 0 Å². The van der Waals surface area contributed by atoms with E-state index < -0.39 is 0 Å². The molecule has 2 unspecified atom stereocenters. The summed E-state index contributed by atoms with van der Waals surface area (Å²) in [5.41, 5.74) is 2.87. The molecule has 0 saturated heterocycles. The zero-order chi connectivity index (χ0) is 14.8. The van der Waals surface area contributed by atoms with Crippen LogP contribution in [0.5, 0.6) is 0 Å². The zero-order valence-electron chi connectivity index (χ0n) is 13.5. The van der Waals surface area contributed by atoms with Crippen molar-refractivity contribution in [2.45, 2.75) is 46.1 Å². The third kappa shape index (κ3) is 2.98. The Balaban J connectivity index is 2.03. The largest absolute Gasteiger partial charge is 0.310 e. The molecule has 2 aromatic rings. The minimum absolute atomic E-state index is 0.489. The van der Waals surface area contributed by atoms with E-state index in [1.807, 2.05) is 0 Å². The first-order valence-corrected chi connectivity index (χ1v) is 8.44. The molecule has 1 fully saturated rings. The molecule has 21 heavy (non-hydrogen) atoms. The van der Waals surface area contributed by atoms with Gasteiger partial charge in [0.25, 0.3) is 0 Å². The molecule has 1 aliphatic carbocycles. The Morgan fingerprint density at radius 2 is 1.81 bits per heavy atom. The second-order valence-corrected chi connectivity index (χ2v) is 6.65. The molecule has 1 N–H and O–H groups in total. The molecule has 1 nitrogen and oxygen atoms in total. The Hall–Kier alpha value is -1.34. The summed E-state index contributed by atoms with van der Waals surface area (Å²) in [6, 6.07) is 14.0. The van der Waals surface area contributed by atoms with Gasteiger partial charge in [-0.05, 0) is 66.5 Å². The Labute approximate surface area is 128 Å². The maximum atomic E-state index is 3.82. The molecular formula is C20H27N. The van der Waals surface area contributed by atoms with Gasteiger partial charge in [0, 0.05) is 6.04 Å². The molecule has 1 heteroatoms. The number of aryl methyl sites for hydroxylation is 1. The van der Waals surface area contributed by atoms with Crippen molar-refractivity contribution >= 4 is 10.8 Å². The Kier molecular flexibility index (Phi) is 4.30. The monoisotopic (exact) mass is 281 g/mol. The number of fused-ring (bicyclic) bond motifs is 1. The lowest BCUT2D eigenvalue weighted by Gasteiger charge is -2.27. The second-order valence-electron chi connectivity index (χ2n) is 6.65. The van der Waals surface area contributed by atoms with Gasteiger partial charge in [0.1, 0.15) is 0 Å². The molecular weight excluding hydrogens is 254 g/mol. The minimum Gasteiger partial charge on any atom is -0.310 e. The van der Waals surface area contributed by atoms with E-state index in [1.165, 1.54) is 41.2 Å². The standard InChI is InChI=1S/C20H27N/c1-4-13-21-20(15(3)16-10-11-16)19-12-9-14(2)17-7-5-6-8-18(17)19/h5-9,12,15-16,20-21H,4,10-11,13H2,1-3H3. The van der Waals surface area contributed by atoms with E-state index in [1.54, 1.807) is 0 Å². The van der Waals surface area contributed by atoms with E-state index in [9.17, 15) is 0 Å². The van der Waals surface area contributed by atoms with Gasteiger partial charge in [-0.25, -0.2) is 0 Å². The minimum atomic E-state index is 0.489. The van der Waals surface area contributed by atoms with Crippen LogP contribution in [0.25, 0.3) is 10.8 Å².